The number of aromatic nitrogens is 1. The zero-order valence-corrected chi connectivity index (χ0v) is 8.48. The predicted molar refractivity (Wildman–Crippen MR) is 54.2 cm³/mol. The van der Waals surface area contributed by atoms with Gasteiger partial charge in [0.1, 0.15) is 0 Å². The summed E-state index contributed by atoms with van der Waals surface area (Å²) in [6.07, 6.45) is 2.11. The maximum atomic E-state index is 5.72. The molecular weight excluding hydrogens is 168 g/mol. The first-order valence-electron chi connectivity index (χ1n) is 3.95. The molecule has 12 heavy (non-hydrogen) atoms. The van der Waals surface area contributed by atoms with Crippen LogP contribution in [-0.2, 0) is 0 Å². The largest absolute Gasteiger partial charge is 0.324 e. The first-order chi connectivity index (χ1) is 5.61. The summed E-state index contributed by atoms with van der Waals surface area (Å²) in [5.41, 5.74) is 9.86. The van der Waals surface area contributed by atoms with Crippen molar-refractivity contribution in [3.8, 4) is 0 Å². The SMILES string of the molecule is C/C(=C\c1scnc1C)C(C)N. The molecular formula is C9H14N2S. The van der Waals surface area contributed by atoms with Gasteiger partial charge in [0, 0.05) is 10.9 Å². The standard InChI is InChI=1S/C9H14N2S/c1-6(7(2)10)4-9-8(3)11-5-12-9/h4-5,7H,10H2,1-3H3/b6-4+. The van der Waals surface area contributed by atoms with Crippen LogP contribution in [0.4, 0.5) is 0 Å². The van der Waals surface area contributed by atoms with Gasteiger partial charge in [-0.2, -0.15) is 0 Å². The van der Waals surface area contributed by atoms with E-state index in [1.54, 1.807) is 11.3 Å². The molecule has 0 amide bonds. The van der Waals surface area contributed by atoms with E-state index in [2.05, 4.69) is 11.1 Å². The van der Waals surface area contributed by atoms with Crippen LogP contribution in [-0.4, -0.2) is 11.0 Å². The molecule has 2 nitrogen and oxygen atoms in total. The Morgan fingerprint density at radius 1 is 1.75 bits per heavy atom. The summed E-state index contributed by atoms with van der Waals surface area (Å²) in [7, 11) is 0. The molecule has 0 spiro atoms. The number of hydrogen-bond donors (Lipinski definition) is 1. The second-order valence-electron chi connectivity index (χ2n) is 2.98. The molecule has 1 atom stereocenters. The zero-order valence-electron chi connectivity index (χ0n) is 7.66. The number of aryl methyl sites for hydroxylation is 1. The molecule has 0 saturated heterocycles. The minimum absolute atomic E-state index is 0.131. The molecule has 1 unspecified atom stereocenters. The van der Waals surface area contributed by atoms with E-state index in [1.165, 1.54) is 10.5 Å². The number of thiazole rings is 1. The van der Waals surface area contributed by atoms with Crippen molar-refractivity contribution in [3.63, 3.8) is 0 Å². The van der Waals surface area contributed by atoms with Crippen molar-refractivity contribution in [1.29, 1.82) is 0 Å². The van der Waals surface area contributed by atoms with E-state index in [1.807, 2.05) is 26.3 Å². The Kier molecular flexibility index (Phi) is 3.00. The van der Waals surface area contributed by atoms with Crippen LogP contribution in [0.2, 0.25) is 0 Å². The Hall–Kier alpha value is -0.670. The van der Waals surface area contributed by atoms with Crippen molar-refractivity contribution in [2.75, 3.05) is 0 Å². The summed E-state index contributed by atoms with van der Waals surface area (Å²) < 4.78 is 0. The van der Waals surface area contributed by atoms with E-state index in [0.717, 1.165) is 5.69 Å². The van der Waals surface area contributed by atoms with Crippen molar-refractivity contribution in [2.24, 2.45) is 5.73 Å². The number of nitrogens with two attached hydrogens (primary N) is 1. The second kappa shape index (κ2) is 3.83. The van der Waals surface area contributed by atoms with E-state index in [-0.39, 0.29) is 6.04 Å². The van der Waals surface area contributed by atoms with Crippen LogP contribution >= 0.6 is 11.3 Å². The molecule has 1 aromatic heterocycles. The van der Waals surface area contributed by atoms with Crippen LogP contribution in [0.25, 0.3) is 6.08 Å². The topological polar surface area (TPSA) is 38.9 Å². The van der Waals surface area contributed by atoms with Gasteiger partial charge < -0.3 is 5.73 Å². The maximum Gasteiger partial charge on any atom is 0.0801 e. The Morgan fingerprint density at radius 2 is 2.42 bits per heavy atom. The molecule has 1 aromatic rings. The highest BCUT2D eigenvalue weighted by Gasteiger charge is 2.00. The first kappa shape index (κ1) is 9.42. The third kappa shape index (κ3) is 2.16. The van der Waals surface area contributed by atoms with Crippen LogP contribution in [0.5, 0.6) is 0 Å². The summed E-state index contributed by atoms with van der Waals surface area (Å²) in [6.45, 7) is 6.04. The molecule has 0 aromatic carbocycles. The van der Waals surface area contributed by atoms with Gasteiger partial charge in [0.05, 0.1) is 11.2 Å². The molecule has 0 aliphatic rings. The summed E-state index contributed by atoms with van der Waals surface area (Å²) >= 11 is 1.65. The van der Waals surface area contributed by atoms with Gasteiger partial charge in [0.15, 0.2) is 0 Å². The van der Waals surface area contributed by atoms with Crippen LogP contribution < -0.4 is 5.73 Å². The molecule has 1 heterocycles. The number of nitrogens with zero attached hydrogens (tertiary/aromatic N) is 1. The summed E-state index contributed by atoms with van der Waals surface area (Å²) in [5.74, 6) is 0. The third-order valence-corrected chi connectivity index (χ3v) is 2.74. The highest BCUT2D eigenvalue weighted by molar-refractivity contribution is 7.10. The van der Waals surface area contributed by atoms with Crippen molar-refractivity contribution < 1.29 is 0 Å². The lowest BCUT2D eigenvalue weighted by molar-refractivity contribution is 0.868. The van der Waals surface area contributed by atoms with Crippen molar-refractivity contribution in [1.82, 2.24) is 4.98 Å². The van der Waals surface area contributed by atoms with E-state index in [9.17, 15) is 0 Å². The lowest BCUT2D eigenvalue weighted by Gasteiger charge is -2.03. The van der Waals surface area contributed by atoms with Gasteiger partial charge in [0.2, 0.25) is 0 Å². The van der Waals surface area contributed by atoms with Crippen LogP contribution in [0.15, 0.2) is 11.1 Å². The maximum absolute atomic E-state index is 5.72. The van der Waals surface area contributed by atoms with E-state index >= 15 is 0 Å². The smallest absolute Gasteiger partial charge is 0.0801 e. The number of rotatable bonds is 2. The normalized spacial score (nSPS) is 14.8. The highest BCUT2D eigenvalue weighted by atomic mass is 32.1. The molecule has 0 saturated carbocycles. The average Bonchev–Trinajstić information content (AvgIpc) is 2.36. The fourth-order valence-corrected chi connectivity index (χ4v) is 1.59. The average molecular weight is 182 g/mol. The van der Waals surface area contributed by atoms with Crippen molar-refractivity contribution in [3.05, 3.63) is 21.7 Å². The van der Waals surface area contributed by atoms with E-state index < -0.39 is 0 Å². The van der Waals surface area contributed by atoms with Crippen molar-refractivity contribution >= 4 is 17.4 Å². The van der Waals surface area contributed by atoms with Crippen LogP contribution in [0, 0.1) is 6.92 Å². The van der Waals surface area contributed by atoms with Crippen LogP contribution in [0.1, 0.15) is 24.4 Å². The summed E-state index contributed by atoms with van der Waals surface area (Å²) in [6, 6.07) is 0.131. The second-order valence-corrected chi connectivity index (χ2v) is 3.87. The minimum atomic E-state index is 0.131. The molecule has 0 aliphatic heterocycles. The van der Waals surface area contributed by atoms with E-state index in [0.29, 0.717) is 0 Å². The predicted octanol–water partition coefficient (Wildman–Crippen LogP) is 2.20. The first-order valence-corrected chi connectivity index (χ1v) is 4.83. The van der Waals surface area contributed by atoms with Gasteiger partial charge in [-0.1, -0.05) is 5.57 Å². The fourth-order valence-electron chi connectivity index (χ4n) is 0.788. The van der Waals surface area contributed by atoms with Gasteiger partial charge in [-0.05, 0) is 26.8 Å². The Bertz CT molecular complexity index is 286. The molecule has 2 N–H and O–H groups in total. The molecule has 0 fully saturated rings. The molecule has 66 valence electrons. The quantitative estimate of drug-likeness (QED) is 0.761. The fraction of sp³-hybridized carbons (Fsp3) is 0.444. The highest BCUT2D eigenvalue weighted by Crippen LogP contribution is 2.16. The van der Waals surface area contributed by atoms with Gasteiger partial charge in [0.25, 0.3) is 0 Å². The molecule has 1 rings (SSSR count). The van der Waals surface area contributed by atoms with E-state index in [4.69, 9.17) is 5.73 Å². The van der Waals surface area contributed by atoms with Gasteiger partial charge >= 0.3 is 0 Å². The van der Waals surface area contributed by atoms with Gasteiger partial charge in [-0.15, -0.1) is 11.3 Å². The molecule has 0 radical (unpaired) electrons. The molecule has 0 aliphatic carbocycles. The number of hydrogen-bond acceptors (Lipinski definition) is 3. The monoisotopic (exact) mass is 182 g/mol. The lowest BCUT2D eigenvalue weighted by Crippen LogP contribution is -2.15. The summed E-state index contributed by atoms with van der Waals surface area (Å²) in [5, 5.41) is 0. The molecule has 0 bridgehead atoms. The Morgan fingerprint density at radius 3 is 2.83 bits per heavy atom. The Balaban J connectivity index is 2.87. The Labute approximate surface area is 77.1 Å². The van der Waals surface area contributed by atoms with Gasteiger partial charge in [-0.25, -0.2) is 4.98 Å². The van der Waals surface area contributed by atoms with Crippen LogP contribution in [0.3, 0.4) is 0 Å². The molecule has 3 heteroatoms. The summed E-state index contributed by atoms with van der Waals surface area (Å²) in [4.78, 5) is 5.37. The minimum Gasteiger partial charge on any atom is -0.324 e. The van der Waals surface area contributed by atoms with Gasteiger partial charge in [-0.3, -0.25) is 0 Å². The van der Waals surface area contributed by atoms with Crippen molar-refractivity contribution in [2.45, 2.75) is 26.8 Å². The zero-order chi connectivity index (χ0) is 9.14. The third-order valence-electron chi connectivity index (χ3n) is 1.86. The lowest BCUT2D eigenvalue weighted by atomic mass is 10.1.